The smallest absolute Gasteiger partial charge is 0.178 e. The molecule has 84 valence electrons. The molecule has 0 N–H and O–H groups in total. The van der Waals surface area contributed by atoms with Gasteiger partial charge in [0.25, 0.3) is 0 Å². The van der Waals surface area contributed by atoms with Crippen molar-refractivity contribution in [2.24, 2.45) is 5.92 Å². The molecule has 0 bridgehead atoms. The van der Waals surface area contributed by atoms with E-state index in [0.29, 0.717) is 5.33 Å². The Morgan fingerprint density at radius 1 is 1.47 bits per heavy atom. The van der Waals surface area contributed by atoms with Crippen molar-refractivity contribution in [2.45, 2.75) is 11.8 Å². The second-order valence-corrected chi connectivity index (χ2v) is 6.18. The third-order valence-electron chi connectivity index (χ3n) is 1.92. The Labute approximate surface area is 97.5 Å². The van der Waals surface area contributed by atoms with Gasteiger partial charge in [-0.3, -0.25) is 0 Å². The van der Waals surface area contributed by atoms with Crippen molar-refractivity contribution in [3.05, 3.63) is 30.1 Å². The van der Waals surface area contributed by atoms with Gasteiger partial charge in [-0.15, -0.1) is 0 Å². The lowest BCUT2D eigenvalue weighted by molar-refractivity contribution is 0.580. The van der Waals surface area contributed by atoms with E-state index in [1.54, 1.807) is 0 Å². The first-order valence-corrected chi connectivity index (χ1v) is 7.27. The molecule has 15 heavy (non-hydrogen) atoms. The highest BCUT2D eigenvalue weighted by Gasteiger charge is 2.18. The van der Waals surface area contributed by atoms with Crippen LogP contribution in [0.4, 0.5) is 4.39 Å². The molecule has 0 saturated carbocycles. The van der Waals surface area contributed by atoms with E-state index in [4.69, 9.17) is 0 Å². The van der Waals surface area contributed by atoms with E-state index in [-0.39, 0.29) is 16.6 Å². The molecule has 0 aliphatic carbocycles. The van der Waals surface area contributed by atoms with Gasteiger partial charge >= 0.3 is 0 Å². The summed E-state index contributed by atoms with van der Waals surface area (Å²) in [6, 6.07) is 5.10. The summed E-state index contributed by atoms with van der Waals surface area (Å²) in [7, 11) is -3.36. The summed E-state index contributed by atoms with van der Waals surface area (Å²) < 4.78 is 36.4. The predicted molar refractivity (Wildman–Crippen MR) is 61.4 cm³/mol. The monoisotopic (exact) mass is 294 g/mol. The maximum atomic E-state index is 12.8. The molecule has 1 rings (SSSR count). The average molecular weight is 295 g/mol. The summed E-state index contributed by atoms with van der Waals surface area (Å²) >= 11 is 3.22. The third kappa shape index (κ3) is 3.57. The van der Waals surface area contributed by atoms with E-state index in [2.05, 4.69) is 15.9 Å². The van der Waals surface area contributed by atoms with Crippen LogP contribution in [0.3, 0.4) is 0 Å². The van der Waals surface area contributed by atoms with Gasteiger partial charge in [0.1, 0.15) is 5.82 Å². The molecule has 0 heterocycles. The van der Waals surface area contributed by atoms with Crippen molar-refractivity contribution in [2.75, 3.05) is 11.1 Å². The van der Waals surface area contributed by atoms with Gasteiger partial charge < -0.3 is 0 Å². The van der Waals surface area contributed by atoms with Crippen LogP contribution in [0.1, 0.15) is 6.92 Å². The summed E-state index contributed by atoms with van der Waals surface area (Å²) in [5.41, 5.74) is 0. The summed E-state index contributed by atoms with van der Waals surface area (Å²) in [6.07, 6.45) is 0. The van der Waals surface area contributed by atoms with E-state index in [1.165, 1.54) is 18.2 Å². The molecule has 1 unspecified atom stereocenters. The molecular weight excluding hydrogens is 283 g/mol. The average Bonchev–Trinajstić information content (AvgIpc) is 2.17. The number of hydrogen-bond acceptors (Lipinski definition) is 2. The standard InChI is InChI=1S/C10H12BrFO2S/c1-8(6-11)7-15(13,14)10-4-2-3-9(12)5-10/h2-5,8H,6-7H2,1H3. The van der Waals surface area contributed by atoms with Crippen LogP contribution in [0.2, 0.25) is 0 Å². The molecule has 0 aliphatic heterocycles. The van der Waals surface area contributed by atoms with E-state index in [1.807, 2.05) is 6.92 Å². The normalized spacial score (nSPS) is 13.8. The molecular formula is C10H12BrFO2S. The van der Waals surface area contributed by atoms with Gasteiger partial charge in [0.05, 0.1) is 10.6 Å². The molecule has 1 aromatic rings. The molecule has 0 fully saturated rings. The van der Waals surface area contributed by atoms with Crippen molar-refractivity contribution in [1.29, 1.82) is 0 Å². The van der Waals surface area contributed by atoms with Crippen LogP contribution in [-0.4, -0.2) is 19.5 Å². The zero-order valence-corrected chi connectivity index (χ0v) is 10.7. The van der Waals surface area contributed by atoms with Crippen molar-refractivity contribution in [1.82, 2.24) is 0 Å². The van der Waals surface area contributed by atoms with E-state index in [0.717, 1.165) is 6.07 Å². The predicted octanol–water partition coefficient (Wildman–Crippen LogP) is 2.63. The lowest BCUT2D eigenvalue weighted by Gasteiger charge is -2.08. The van der Waals surface area contributed by atoms with E-state index < -0.39 is 15.7 Å². The fraction of sp³-hybridized carbons (Fsp3) is 0.400. The Hall–Kier alpha value is -0.420. The Morgan fingerprint density at radius 3 is 2.67 bits per heavy atom. The van der Waals surface area contributed by atoms with Gasteiger partial charge in [0.15, 0.2) is 9.84 Å². The molecule has 0 aromatic heterocycles. The first-order valence-electron chi connectivity index (χ1n) is 4.50. The third-order valence-corrected chi connectivity index (χ3v) is 5.01. The molecule has 0 radical (unpaired) electrons. The van der Waals surface area contributed by atoms with Crippen molar-refractivity contribution < 1.29 is 12.8 Å². The minimum Gasteiger partial charge on any atom is -0.224 e. The maximum Gasteiger partial charge on any atom is 0.178 e. The summed E-state index contributed by atoms with van der Waals surface area (Å²) in [4.78, 5) is 0.0512. The summed E-state index contributed by atoms with van der Waals surface area (Å²) in [6.45, 7) is 1.82. The van der Waals surface area contributed by atoms with Gasteiger partial charge in [-0.05, 0) is 24.1 Å². The summed E-state index contributed by atoms with van der Waals surface area (Å²) in [5.74, 6) is -0.484. The second kappa shape index (κ2) is 5.07. The van der Waals surface area contributed by atoms with Crippen LogP contribution in [0.15, 0.2) is 29.2 Å². The van der Waals surface area contributed by atoms with Crippen LogP contribution in [0.25, 0.3) is 0 Å². The number of rotatable bonds is 4. The van der Waals surface area contributed by atoms with Crippen molar-refractivity contribution >= 4 is 25.8 Å². The number of hydrogen-bond donors (Lipinski definition) is 0. The largest absolute Gasteiger partial charge is 0.224 e. The summed E-state index contributed by atoms with van der Waals surface area (Å²) in [5, 5.41) is 0.613. The first-order chi connectivity index (χ1) is 6.95. The molecule has 0 aliphatic rings. The highest BCUT2D eigenvalue weighted by molar-refractivity contribution is 9.09. The van der Waals surface area contributed by atoms with Crippen molar-refractivity contribution in [3.8, 4) is 0 Å². The zero-order chi connectivity index (χ0) is 11.5. The molecule has 0 spiro atoms. The fourth-order valence-corrected chi connectivity index (χ4v) is 3.35. The Kier molecular flexibility index (Phi) is 4.28. The highest BCUT2D eigenvalue weighted by Crippen LogP contribution is 2.16. The van der Waals surface area contributed by atoms with Gasteiger partial charge in [-0.25, -0.2) is 12.8 Å². The van der Waals surface area contributed by atoms with Crippen LogP contribution >= 0.6 is 15.9 Å². The fourth-order valence-electron chi connectivity index (χ4n) is 1.18. The molecule has 1 atom stereocenters. The van der Waals surface area contributed by atoms with Gasteiger partial charge in [0.2, 0.25) is 0 Å². The quantitative estimate of drug-likeness (QED) is 0.800. The second-order valence-electron chi connectivity index (χ2n) is 3.50. The van der Waals surface area contributed by atoms with E-state index in [9.17, 15) is 12.8 Å². The SMILES string of the molecule is CC(CBr)CS(=O)(=O)c1cccc(F)c1. The first kappa shape index (κ1) is 12.6. The van der Waals surface area contributed by atoms with Crippen LogP contribution < -0.4 is 0 Å². The van der Waals surface area contributed by atoms with Gasteiger partial charge in [-0.2, -0.15) is 0 Å². The van der Waals surface area contributed by atoms with E-state index >= 15 is 0 Å². The molecule has 1 aromatic carbocycles. The highest BCUT2D eigenvalue weighted by atomic mass is 79.9. The molecule has 0 saturated heterocycles. The molecule has 2 nitrogen and oxygen atoms in total. The van der Waals surface area contributed by atoms with Crippen LogP contribution in [0, 0.1) is 11.7 Å². The van der Waals surface area contributed by atoms with Gasteiger partial charge in [-0.1, -0.05) is 28.9 Å². The van der Waals surface area contributed by atoms with Crippen LogP contribution in [-0.2, 0) is 9.84 Å². The molecule has 5 heteroatoms. The minimum absolute atomic E-state index is 0.0123. The topological polar surface area (TPSA) is 34.1 Å². The number of alkyl halides is 1. The number of benzene rings is 1. The Morgan fingerprint density at radius 2 is 2.13 bits per heavy atom. The Bertz CT molecular complexity index is 431. The molecule has 0 amide bonds. The lowest BCUT2D eigenvalue weighted by Crippen LogP contribution is -2.15. The number of halogens is 2. The van der Waals surface area contributed by atoms with Crippen LogP contribution in [0.5, 0.6) is 0 Å². The Balaban J connectivity index is 2.96. The minimum atomic E-state index is -3.36. The zero-order valence-electron chi connectivity index (χ0n) is 8.28. The lowest BCUT2D eigenvalue weighted by atomic mass is 10.3. The van der Waals surface area contributed by atoms with Crippen molar-refractivity contribution in [3.63, 3.8) is 0 Å². The number of sulfone groups is 1. The maximum absolute atomic E-state index is 12.8. The van der Waals surface area contributed by atoms with Gasteiger partial charge in [0, 0.05) is 5.33 Å².